The minimum absolute atomic E-state index is 0.0653. The number of ketones is 1. The third-order valence-electron chi connectivity index (χ3n) is 4.02. The third-order valence-corrected chi connectivity index (χ3v) is 5.18. The number of Topliss-reactive ketones (excluding diaryl/α,β-unsaturated/α-hetero) is 1. The third kappa shape index (κ3) is 3.32. The van der Waals surface area contributed by atoms with E-state index in [1.54, 1.807) is 7.11 Å². The largest absolute Gasteiger partial charge is 0.492 e. The van der Waals surface area contributed by atoms with E-state index < -0.39 is 0 Å². The maximum absolute atomic E-state index is 12.2. The lowest BCUT2D eigenvalue weighted by atomic mass is 10.1. The van der Waals surface area contributed by atoms with Gasteiger partial charge in [0.1, 0.15) is 5.00 Å². The summed E-state index contributed by atoms with van der Waals surface area (Å²) in [5.74, 6) is 0.607. The average molecular weight is 311 g/mol. The molecule has 1 saturated heterocycles. The molecule has 6 heteroatoms. The quantitative estimate of drug-likeness (QED) is 0.791. The highest BCUT2D eigenvalue weighted by Gasteiger charge is 2.25. The van der Waals surface area contributed by atoms with Crippen molar-refractivity contribution in [2.75, 3.05) is 38.3 Å². The van der Waals surface area contributed by atoms with Gasteiger partial charge in [0.15, 0.2) is 11.5 Å². The molecule has 118 valence electrons. The molecular weight excluding hydrogens is 286 g/mol. The van der Waals surface area contributed by atoms with Gasteiger partial charge >= 0.3 is 0 Å². The topological polar surface area (TPSA) is 67.6 Å². The summed E-state index contributed by atoms with van der Waals surface area (Å²) in [6.07, 6.45) is 2.44. The van der Waals surface area contributed by atoms with Crippen molar-refractivity contribution in [3.05, 3.63) is 4.88 Å². The van der Waals surface area contributed by atoms with E-state index in [4.69, 9.17) is 10.5 Å². The Bertz CT molecular complexity index is 513. The predicted octanol–water partition coefficient (Wildman–Crippen LogP) is 2.68. The Labute approximate surface area is 130 Å². The number of hydrogen-bond donors (Lipinski definition) is 2. The molecule has 0 radical (unpaired) electrons. The van der Waals surface area contributed by atoms with Gasteiger partial charge in [-0.1, -0.05) is 13.8 Å². The number of likely N-dealkylation sites (tertiary alicyclic amines) is 1. The van der Waals surface area contributed by atoms with Crippen molar-refractivity contribution in [2.24, 2.45) is 5.92 Å². The standard InChI is InChI=1S/C15H25N3O2S/c1-9(2)12(19)14-11(16)13(20-4)15(21-14)17-8-10-6-5-7-18(10)3/h9-10,17H,5-8,16H2,1-4H3. The lowest BCUT2D eigenvalue weighted by Gasteiger charge is -2.20. The summed E-state index contributed by atoms with van der Waals surface area (Å²) < 4.78 is 5.39. The summed E-state index contributed by atoms with van der Waals surface area (Å²) in [5.41, 5.74) is 6.54. The normalized spacial score (nSPS) is 19.2. The van der Waals surface area contributed by atoms with Gasteiger partial charge in [0, 0.05) is 18.5 Å². The second-order valence-corrected chi connectivity index (χ2v) is 6.90. The number of nitrogens with one attached hydrogen (secondary N) is 1. The zero-order chi connectivity index (χ0) is 15.6. The van der Waals surface area contributed by atoms with E-state index >= 15 is 0 Å². The predicted molar refractivity (Wildman–Crippen MR) is 88.6 cm³/mol. The van der Waals surface area contributed by atoms with Crippen LogP contribution in [0.3, 0.4) is 0 Å². The summed E-state index contributed by atoms with van der Waals surface area (Å²) in [7, 11) is 3.74. The van der Waals surface area contributed by atoms with E-state index in [2.05, 4.69) is 17.3 Å². The van der Waals surface area contributed by atoms with E-state index in [1.165, 1.54) is 24.2 Å². The highest BCUT2D eigenvalue weighted by molar-refractivity contribution is 7.19. The molecule has 2 heterocycles. The van der Waals surface area contributed by atoms with E-state index in [0.29, 0.717) is 22.4 Å². The SMILES string of the molecule is COc1c(NCC2CCCN2C)sc(C(=O)C(C)C)c1N. The minimum Gasteiger partial charge on any atom is -0.492 e. The number of likely N-dealkylation sites (N-methyl/N-ethyl adjacent to an activating group) is 1. The van der Waals surface area contributed by atoms with Gasteiger partial charge in [-0.25, -0.2) is 0 Å². The fourth-order valence-electron chi connectivity index (χ4n) is 2.64. The van der Waals surface area contributed by atoms with Crippen LogP contribution in [0.5, 0.6) is 5.75 Å². The molecule has 0 spiro atoms. The number of nitrogen functional groups attached to an aromatic ring is 1. The fourth-order valence-corrected chi connectivity index (χ4v) is 3.83. The van der Waals surface area contributed by atoms with Crippen molar-refractivity contribution in [3.63, 3.8) is 0 Å². The molecule has 1 unspecified atom stereocenters. The number of nitrogens with two attached hydrogens (primary N) is 1. The van der Waals surface area contributed by atoms with Crippen LogP contribution in [0.15, 0.2) is 0 Å². The van der Waals surface area contributed by atoms with Gasteiger partial charge in [0.25, 0.3) is 0 Å². The van der Waals surface area contributed by atoms with Crippen LogP contribution in [0.4, 0.5) is 10.7 Å². The number of thiophene rings is 1. The highest BCUT2D eigenvalue weighted by Crippen LogP contribution is 2.43. The van der Waals surface area contributed by atoms with Gasteiger partial charge in [0.05, 0.1) is 17.7 Å². The van der Waals surface area contributed by atoms with Crippen LogP contribution >= 0.6 is 11.3 Å². The highest BCUT2D eigenvalue weighted by atomic mass is 32.1. The lowest BCUT2D eigenvalue weighted by molar-refractivity contribution is 0.0944. The van der Waals surface area contributed by atoms with Gasteiger partial charge < -0.3 is 20.7 Å². The summed E-state index contributed by atoms with van der Waals surface area (Å²) in [6, 6.07) is 0.530. The second-order valence-electron chi connectivity index (χ2n) is 5.88. The molecule has 1 aliphatic rings. The van der Waals surface area contributed by atoms with E-state index in [9.17, 15) is 4.79 Å². The van der Waals surface area contributed by atoms with Gasteiger partial charge in [-0.05, 0) is 26.4 Å². The van der Waals surface area contributed by atoms with Crippen LogP contribution in [-0.2, 0) is 0 Å². The number of methoxy groups -OCH3 is 1. The van der Waals surface area contributed by atoms with Gasteiger partial charge in [-0.2, -0.15) is 0 Å². The van der Waals surface area contributed by atoms with Crippen molar-refractivity contribution in [3.8, 4) is 5.75 Å². The van der Waals surface area contributed by atoms with E-state index in [1.807, 2.05) is 13.8 Å². The number of ether oxygens (including phenoxy) is 1. The molecule has 21 heavy (non-hydrogen) atoms. The van der Waals surface area contributed by atoms with Crippen LogP contribution in [0, 0.1) is 5.92 Å². The van der Waals surface area contributed by atoms with E-state index in [0.717, 1.165) is 18.1 Å². The molecule has 3 N–H and O–H groups in total. The van der Waals surface area contributed by atoms with Crippen molar-refractivity contribution in [1.29, 1.82) is 0 Å². The van der Waals surface area contributed by atoms with Crippen molar-refractivity contribution < 1.29 is 9.53 Å². The molecule has 0 amide bonds. The summed E-state index contributed by atoms with van der Waals surface area (Å²) in [5, 5.41) is 4.27. The zero-order valence-electron chi connectivity index (χ0n) is 13.2. The van der Waals surface area contributed by atoms with Crippen LogP contribution < -0.4 is 15.8 Å². The molecule has 5 nitrogen and oxygen atoms in total. The van der Waals surface area contributed by atoms with Gasteiger partial charge in [0.2, 0.25) is 0 Å². The first-order valence-electron chi connectivity index (χ1n) is 7.40. The van der Waals surface area contributed by atoms with Crippen molar-refractivity contribution >= 4 is 27.8 Å². The smallest absolute Gasteiger partial charge is 0.177 e. The monoisotopic (exact) mass is 311 g/mol. The van der Waals surface area contributed by atoms with Gasteiger partial charge in [-0.15, -0.1) is 11.3 Å². The Hall–Kier alpha value is -1.27. The lowest BCUT2D eigenvalue weighted by Crippen LogP contribution is -2.31. The number of carbonyl (C=O) groups is 1. The van der Waals surface area contributed by atoms with Crippen LogP contribution in [-0.4, -0.2) is 44.0 Å². The molecule has 0 aliphatic carbocycles. The molecule has 0 saturated carbocycles. The Morgan fingerprint density at radius 2 is 2.29 bits per heavy atom. The molecular formula is C15H25N3O2S. The van der Waals surface area contributed by atoms with Crippen molar-refractivity contribution in [2.45, 2.75) is 32.7 Å². The zero-order valence-corrected chi connectivity index (χ0v) is 14.0. The number of anilines is 2. The Morgan fingerprint density at radius 1 is 1.57 bits per heavy atom. The first-order valence-corrected chi connectivity index (χ1v) is 8.21. The van der Waals surface area contributed by atoms with Crippen LogP contribution in [0.2, 0.25) is 0 Å². The molecule has 1 atom stereocenters. The van der Waals surface area contributed by atoms with Crippen molar-refractivity contribution in [1.82, 2.24) is 4.90 Å². The molecule has 1 aliphatic heterocycles. The molecule has 1 aromatic heterocycles. The molecule has 0 aromatic carbocycles. The molecule has 1 aromatic rings. The number of carbonyl (C=O) groups excluding carboxylic acids is 1. The first-order chi connectivity index (χ1) is 9.95. The van der Waals surface area contributed by atoms with Crippen LogP contribution in [0.1, 0.15) is 36.4 Å². The van der Waals surface area contributed by atoms with Gasteiger partial charge in [-0.3, -0.25) is 4.79 Å². The molecule has 0 bridgehead atoms. The van der Waals surface area contributed by atoms with Crippen LogP contribution in [0.25, 0.3) is 0 Å². The maximum atomic E-state index is 12.2. The fraction of sp³-hybridized carbons (Fsp3) is 0.667. The Balaban J connectivity index is 2.15. The minimum atomic E-state index is -0.0653. The second kappa shape index (κ2) is 6.66. The first kappa shape index (κ1) is 16.1. The van der Waals surface area contributed by atoms with E-state index in [-0.39, 0.29) is 11.7 Å². The summed E-state index contributed by atoms with van der Waals surface area (Å²) in [6.45, 7) is 5.76. The Kier molecular flexibility index (Phi) is 5.11. The Morgan fingerprint density at radius 3 is 2.81 bits per heavy atom. The summed E-state index contributed by atoms with van der Waals surface area (Å²) in [4.78, 5) is 15.2. The molecule has 2 rings (SSSR count). The average Bonchev–Trinajstić information content (AvgIpc) is 2.99. The molecule has 1 fully saturated rings. The number of hydrogen-bond acceptors (Lipinski definition) is 6. The maximum Gasteiger partial charge on any atom is 0.177 e. The number of rotatable bonds is 6. The summed E-state index contributed by atoms with van der Waals surface area (Å²) >= 11 is 1.40. The number of nitrogens with zero attached hydrogens (tertiary/aromatic N) is 1.